The first kappa shape index (κ1) is 20.8. The van der Waals surface area contributed by atoms with Crippen molar-refractivity contribution in [3.05, 3.63) is 47.5 Å². The Bertz CT molecular complexity index is 1000. The SMILES string of the molecule is CCOc1ccc(OCC(=O)N2CCC(Oc3nc4c(Cl)cccc4s3)CC2)cc1. The van der Waals surface area contributed by atoms with Gasteiger partial charge in [-0.1, -0.05) is 29.0 Å². The maximum absolute atomic E-state index is 12.5. The van der Waals surface area contributed by atoms with E-state index in [9.17, 15) is 4.79 Å². The van der Waals surface area contributed by atoms with Crippen LogP contribution in [-0.2, 0) is 4.79 Å². The van der Waals surface area contributed by atoms with Crippen molar-refractivity contribution in [1.29, 1.82) is 0 Å². The van der Waals surface area contributed by atoms with Crippen molar-refractivity contribution in [2.45, 2.75) is 25.9 Å². The number of hydrogen-bond donors (Lipinski definition) is 0. The van der Waals surface area contributed by atoms with E-state index in [4.69, 9.17) is 25.8 Å². The number of rotatable bonds is 7. The predicted molar refractivity (Wildman–Crippen MR) is 118 cm³/mol. The second kappa shape index (κ2) is 9.53. The zero-order valence-electron chi connectivity index (χ0n) is 16.7. The van der Waals surface area contributed by atoms with Crippen LogP contribution in [0.15, 0.2) is 42.5 Å². The molecule has 8 heteroatoms. The summed E-state index contributed by atoms with van der Waals surface area (Å²) in [5, 5.41) is 1.26. The first-order valence-corrected chi connectivity index (χ1v) is 11.2. The Kier molecular flexibility index (Phi) is 6.59. The van der Waals surface area contributed by atoms with E-state index in [2.05, 4.69) is 4.98 Å². The number of piperidine rings is 1. The van der Waals surface area contributed by atoms with Gasteiger partial charge in [0.05, 0.1) is 16.3 Å². The number of carbonyl (C=O) groups is 1. The summed E-state index contributed by atoms with van der Waals surface area (Å²) in [5.41, 5.74) is 0.776. The minimum atomic E-state index is -0.0193. The molecule has 1 aliphatic heterocycles. The molecule has 0 aliphatic carbocycles. The Morgan fingerprint density at radius 1 is 1.13 bits per heavy atom. The molecule has 0 bridgehead atoms. The van der Waals surface area contributed by atoms with Gasteiger partial charge in [0.25, 0.3) is 11.1 Å². The maximum Gasteiger partial charge on any atom is 0.274 e. The van der Waals surface area contributed by atoms with Crippen molar-refractivity contribution in [3.8, 4) is 16.7 Å². The van der Waals surface area contributed by atoms with E-state index in [-0.39, 0.29) is 18.6 Å². The van der Waals surface area contributed by atoms with E-state index >= 15 is 0 Å². The number of benzene rings is 2. The van der Waals surface area contributed by atoms with E-state index < -0.39 is 0 Å². The first-order chi connectivity index (χ1) is 14.6. The van der Waals surface area contributed by atoms with Gasteiger partial charge in [0.2, 0.25) is 0 Å². The molecule has 158 valence electrons. The van der Waals surface area contributed by atoms with Gasteiger partial charge in [-0.05, 0) is 43.3 Å². The molecule has 30 heavy (non-hydrogen) atoms. The van der Waals surface area contributed by atoms with E-state index in [1.807, 2.05) is 54.3 Å². The topological polar surface area (TPSA) is 60.9 Å². The number of carbonyl (C=O) groups excluding carboxylic acids is 1. The van der Waals surface area contributed by atoms with Crippen molar-refractivity contribution in [2.75, 3.05) is 26.3 Å². The Labute approximate surface area is 184 Å². The van der Waals surface area contributed by atoms with Crippen LogP contribution in [0.4, 0.5) is 0 Å². The zero-order valence-corrected chi connectivity index (χ0v) is 18.2. The molecule has 1 aliphatic rings. The fourth-order valence-corrected chi connectivity index (χ4v) is 4.53. The standard InChI is InChI=1S/C22H23ClN2O4S/c1-2-27-15-6-8-16(9-7-15)28-14-20(26)25-12-10-17(11-13-25)29-22-24-21-18(23)4-3-5-19(21)30-22/h3-9,17H,2,10-14H2,1H3. The van der Waals surface area contributed by atoms with Crippen LogP contribution in [0.2, 0.25) is 5.02 Å². The zero-order chi connectivity index (χ0) is 20.9. The van der Waals surface area contributed by atoms with Gasteiger partial charge in [-0.25, -0.2) is 4.98 Å². The number of ether oxygens (including phenoxy) is 3. The fourth-order valence-electron chi connectivity index (χ4n) is 3.35. The van der Waals surface area contributed by atoms with Crippen LogP contribution in [0.5, 0.6) is 16.7 Å². The Balaban J connectivity index is 1.24. The molecule has 0 atom stereocenters. The number of halogens is 1. The Hall–Kier alpha value is -2.51. The van der Waals surface area contributed by atoms with Crippen LogP contribution >= 0.6 is 22.9 Å². The molecule has 0 radical (unpaired) electrons. The van der Waals surface area contributed by atoms with Crippen LogP contribution in [0.1, 0.15) is 19.8 Å². The molecule has 1 fully saturated rings. The average Bonchev–Trinajstić information content (AvgIpc) is 3.18. The van der Waals surface area contributed by atoms with E-state index in [1.165, 1.54) is 11.3 Å². The molecule has 1 amide bonds. The van der Waals surface area contributed by atoms with Gasteiger partial charge in [0.1, 0.15) is 23.1 Å². The van der Waals surface area contributed by atoms with Crippen molar-refractivity contribution in [2.24, 2.45) is 0 Å². The van der Waals surface area contributed by atoms with Crippen molar-refractivity contribution in [3.63, 3.8) is 0 Å². The molecule has 0 spiro atoms. The molecular formula is C22H23ClN2O4S. The van der Waals surface area contributed by atoms with Crippen LogP contribution in [0.25, 0.3) is 10.2 Å². The Morgan fingerprint density at radius 2 is 1.83 bits per heavy atom. The molecule has 0 unspecified atom stereocenters. The number of fused-ring (bicyclic) bond motifs is 1. The summed E-state index contributed by atoms with van der Waals surface area (Å²) in [4.78, 5) is 18.8. The monoisotopic (exact) mass is 446 g/mol. The van der Waals surface area contributed by atoms with E-state index in [1.54, 1.807) is 0 Å². The number of aromatic nitrogens is 1. The number of amides is 1. The molecule has 4 rings (SSSR count). The summed E-state index contributed by atoms with van der Waals surface area (Å²) >= 11 is 7.68. The summed E-state index contributed by atoms with van der Waals surface area (Å²) in [7, 11) is 0. The highest BCUT2D eigenvalue weighted by Crippen LogP contribution is 2.33. The third-order valence-electron chi connectivity index (χ3n) is 4.91. The van der Waals surface area contributed by atoms with Gasteiger partial charge < -0.3 is 19.1 Å². The summed E-state index contributed by atoms with van der Waals surface area (Å²) < 4.78 is 18.1. The van der Waals surface area contributed by atoms with Gasteiger partial charge in [-0.15, -0.1) is 0 Å². The van der Waals surface area contributed by atoms with Crippen LogP contribution < -0.4 is 14.2 Å². The van der Waals surface area contributed by atoms with Gasteiger partial charge in [0, 0.05) is 25.9 Å². The third kappa shape index (κ3) is 4.96. The van der Waals surface area contributed by atoms with E-state index in [0.717, 1.165) is 28.8 Å². The molecule has 0 N–H and O–H groups in total. The van der Waals surface area contributed by atoms with Gasteiger partial charge in [0.15, 0.2) is 6.61 Å². The third-order valence-corrected chi connectivity index (χ3v) is 6.13. The molecule has 1 saturated heterocycles. The van der Waals surface area contributed by atoms with Crippen molar-refractivity contribution < 1.29 is 19.0 Å². The quantitative estimate of drug-likeness (QED) is 0.521. The number of para-hydroxylation sites is 1. The normalized spacial score (nSPS) is 14.7. The highest BCUT2D eigenvalue weighted by atomic mass is 35.5. The summed E-state index contributed by atoms with van der Waals surface area (Å²) in [6.07, 6.45) is 1.57. The van der Waals surface area contributed by atoms with Crippen LogP contribution in [0, 0.1) is 0 Å². The molecule has 0 saturated carbocycles. The summed E-state index contributed by atoms with van der Waals surface area (Å²) in [6, 6.07) is 13.0. The summed E-state index contributed by atoms with van der Waals surface area (Å²) in [5.74, 6) is 1.42. The highest BCUT2D eigenvalue weighted by molar-refractivity contribution is 7.20. The minimum Gasteiger partial charge on any atom is -0.494 e. The molecule has 6 nitrogen and oxygen atoms in total. The van der Waals surface area contributed by atoms with E-state index in [0.29, 0.717) is 35.7 Å². The highest BCUT2D eigenvalue weighted by Gasteiger charge is 2.25. The second-order valence-electron chi connectivity index (χ2n) is 6.96. The molecular weight excluding hydrogens is 424 g/mol. The van der Waals surface area contributed by atoms with Crippen molar-refractivity contribution >= 4 is 39.1 Å². The van der Waals surface area contributed by atoms with Gasteiger partial charge >= 0.3 is 0 Å². The molecule has 2 heterocycles. The lowest BCUT2D eigenvalue weighted by Gasteiger charge is -2.31. The Morgan fingerprint density at radius 3 is 2.50 bits per heavy atom. The molecule has 3 aromatic rings. The second-order valence-corrected chi connectivity index (χ2v) is 8.36. The first-order valence-electron chi connectivity index (χ1n) is 9.97. The van der Waals surface area contributed by atoms with Crippen molar-refractivity contribution in [1.82, 2.24) is 9.88 Å². The largest absolute Gasteiger partial charge is 0.494 e. The number of thiazole rings is 1. The van der Waals surface area contributed by atoms with Crippen LogP contribution in [-0.4, -0.2) is 48.2 Å². The molecule has 1 aromatic heterocycles. The predicted octanol–water partition coefficient (Wildman–Crippen LogP) is 4.80. The smallest absolute Gasteiger partial charge is 0.274 e. The number of hydrogen-bond acceptors (Lipinski definition) is 6. The number of nitrogens with zero attached hydrogens (tertiary/aromatic N) is 2. The lowest BCUT2D eigenvalue weighted by Crippen LogP contribution is -2.43. The summed E-state index contributed by atoms with van der Waals surface area (Å²) in [6.45, 7) is 3.86. The lowest BCUT2D eigenvalue weighted by atomic mass is 10.1. The lowest BCUT2D eigenvalue weighted by molar-refractivity contribution is -0.135. The fraction of sp³-hybridized carbons (Fsp3) is 0.364. The molecule has 2 aromatic carbocycles. The van der Waals surface area contributed by atoms with Gasteiger partial charge in [-0.2, -0.15) is 0 Å². The average molecular weight is 447 g/mol. The maximum atomic E-state index is 12.5. The minimum absolute atomic E-state index is 0.0193. The van der Waals surface area contributed by atoms with Gasteiger partial charge in [-0.3, -0.25) is 4.79 Å². The number of likely N-dealkylation sites (tertiary alicyclic amines) is 1. The van der Waals surface area contributed by atoms with Crippen LogP contribution in [0.3, 0.4) is 0 Å².